The lowest BCUT2D eigenvalue weighted by atomic mass is 9.88. The number of aliphatic hydroxyl groups excluding tert-OH is 1. The van der Waals surface area contributed by atoms with Crippen LogP contribution in [-0.4, -0.2) is 177 Å². The van der Waals surface area contributed by atoms with Crippen molar-refractivity contribution in [2.24, 2.45) is 11.3 Å². The quantitative estimate of drug-likeness (QED) is 0.0187. The van der Waals surface area contributed by atoms with Gasteiger partial charge in [0.05, 0.1) is 87.3 Å². The van der Waals surface area contributed by atoms with Crippen LogP contribution in [0.3, 0.4) is 0 Å². The van der Waals surface area contributed by atoms with Crippen LogP contribution in [0.2, 0.25) is 0 Å². The molecule has 1 unspecified atom stereocenters. The number of rotatable bonds is 27. The maximum atomic E-state index is 14.5. The van der Waals surface area contributed by atoms with Crippen molar-refractivity contribution in [2.45, 2.75) is 141 Å². The number of ether oxygens (including phenoxy) is 5. The molecular formula is C84H95N11O15. The summed E-state index contributed by atoms with van der Waals surface area (Å²) in [6.07, 6.45) is 6.56. The van der Waals surface area contributed by atoms with Crippen molar-refractivity contribution >= 4 is 81.7 Å². The number of para-hydroxylation sites is 1. The minimum atomic E-state index is -1.48. The summed E-state index contributed by atoms with van der Waals surface area (Å²) >= 11 is 0. The second-order valence-electron chi connectivity index (χ2n) is 29.8. The van der Waals surface area contributed by atoms with Gasteiger partial charge in [0, 0.05) is 61.1 Å². The van der Waals surface area contributed by atoms with Crippen LogP contribution >= 0.6 is 0 Å². The van der Waals surface area contributed by atoms with Crippen molar-refractivity contribution in [3.8, 4) is 34.8 Å². The maximum absolute atomic E-state index is 14.5. The molecule has 6 aliphatic heterocycles. The standard InChI is InChI=1S/C84H95N11O15/c1-51(2)77(90-75(98)46-87-74(97)45-86-73(96)28-29-76(99)93-47-59-16-9-8-14-54(59)24-25-58-15-10-11-17-66(58)93)79(101)88-52(3)78(100)89-61-26-18-53(19-27-61)49-110-83(105)95-67-42-72(70(107-6)40-64(67)81(103)94-50-84(32-33-84)43-68(94)82(95)104)109-37-13-7-12-36-108-71-41-65-63(39-69(71)106-5)80(102)92-48-60(38-62(92)44-85-65)56-22-20-55(21-23-56)57-30-34-91(4)35-31-57/h8-11,14-23,26-27,39-42,48,51-52,57,62,68,77,82,85,104H,7,12-13,28-38,43-47,49-50H2,1-6H3,(H,86,96)(H,87,97)(H,88,101)(H,89,100)(H,90,98)/t52-,62-,68-,77-,82?/m0/s1. The van der Waals surface area contributed by atoms with Crippen molar-refractivity contribution in [3.05, 3.63) is 172 Å². The molecule has 26 heteroatoms. The fourth-order valence-corrected chi connectivity index (χ4v) is 15.2. The Morgan fingerprint density at radius 2 is 1.35 bits per heavy atom. The van der Waals surface area contributed by atoms with Crippen molar-refractivity contribution in [1.82, 2.24) is 36.0 Å². The van der Waals surface area contributed by atoms with Gasteiger partial charge in [-0.2, -0.15) is 0 Å². The Kier molecular flexibility index (Phi) is 23.7. The molecule has 0 bridgehead atoms. The van der Waals surface area contributed by atoms with Gasteiger partial charge in [-0.15, -0.1) is 0 Å². The first kappa shape index (κ1) is 76.8. The van der Waals surface area contributed by atoms with Crippen LogP contribution in [0.15, 0.2) is 128 Å². The summed E-state index contributed by atoms with van der Waals surface area (Å²) in [4.78, 5) is 131. The third kappa shape index (κ3) is 17.6. The minimum absolute atomic E-state index is 0.0516. The molecule has 0 aromatic heterocycles. The predicted octanol–water partition coefficient (Wildman–Crippen LogP) is 8.84. The summed E-state index contributed by atoms with van der Waals surface area (Å²) in [7, 11) is 5.20. The average molecular weight is 1500 g/mol. The maximum Gasteiger partial charge on any atom is 0.416 e. The third-order valence-electron chi connectivity index (χ3n) is 21.8. The molecule has 26 nitrogen and oxygen atoms in total. The molecule has 9 amide bonds. The number of hydrogen-bond acceptors (Lipinski definition) is 17. The van der Waals surface area contributed by atoms with Crippen LogP contribution in [-0.2, 0) is 46.7 Å². The highest BCUT2D eigenvalue weighted by Crippen LogP contribution is 2.57. The number of benzene rings is 6. The van der Waals surface area contributed by atoms with E-state index < -0.39 is 79.0 Å². The highest BCUT2D eigenvalue weighted by Gasteiger charge is 2.58. The molecule has 1 saturated carbocycles. The lowest BCUT2D eigenvalue weighted by molar-refractivity contribution is -0.132. The number of fused-ring (bicyclic) bond motifs is 6. The Bertz CT molecular complexity index is 4600. The minimum Gasteiger partial charge on any atom is -0.493 e. The number of carbonyl (C=O) groups excluding carboxylic acids is 9. The second-order valence-corrected chi connectivity index (χ2v) is 29.8. The van der Waals surface area contributed by atoms with Gasteiger partial charge < -0.3 is 80.3 Å². The monoisotopic (exact) mass is 1500 g/mol. The molecule has 6 aromatic carbocycles. The Morgan fingerprint density at radius 1 is 0.691 bits per heavy atom. The van der Waals surface area contributed by atoms with E-state index in [1.54, 1.807) is 73.2 Å². The van der Waals surface area contributed by atoms with Crippen LogP contribution in [0.1, 0.15) is 151 Å². The van der Waals surface area contributed by atoms with E-state index in [1.165, 1.54) is 25.7 Å². The van der Waals surface area contributed by atoms with E-state index in [0.29, 0.717) is 96.5 Å². The Balaban J connectivity index is 0.556. The number of nitrogens with one attached hydrogen (secondary N) is 6. The first-order valence-electron chi connectivity index (χ1n) is 37.9. The molecule has 110 heavy (non-hydrogen) atoms. The highest BCUT2D eigenvalue weighted by atomic mass is 16.6. The number of hydrogen-bond donors (Lipinski definition) is 7. The van der Waals surface area contributed by atoms with E-state index in [4.69, 9.17) is 23.7 Å². The molecule has 1 aliphatic carbocycles. The van der Waals surface area contributed by atoms with E-state index in [9.17, 15) is 48.3 Å². The Hall–Kier alpha value is -11.4. The van der Waals surface area contributed by atoms with Gasteiger partial charge in [0.2, 0.25) is 35.4 Å². The molecule has 7 N–H and O–H groups in total. The van der Waals surface area contributed by atoms with Crippen LogP contribution in [0, 0.1) is 23.2 Å². The van der Waals surface area contributed by atoms with E-state index in [1.807, 2.05) is 59.6 Å². The summed E-state index contributed by atoms with van der Waals surface area (Å²) < 4.78 is 30.1. The fraction of sp³-hybridized carbons (Fsp3) is 0.417. The van der Waals surface area contributed by atoms with Gasteiger partial charge in [-0.3, -0.25) is 38.4 Å². The summed E-state index contributed by atoms with van der Waals surface area (Å²) in [6, 6.07) is 33.9. The Labute approximate surface area is 639 Å². The van der Waals surface area contributed by atoms with E-state index in [-0.39, 0.29) is 84.5 Å². The molecule has 13 rings (SSSR count). The number of aliphatic hydroxyl groups is 1. The summed E-state index contributed by atoms with van der Waals surface area (Å²) in [5.74, 6) is 4.00. The number of amides is 9. The topological polar surface area (TPSA) is 308 Å². The van der Waals surface area contributed by atoms with Crippen LogP contribution < -0.4 is 60.6 Å². The van der Waals surface area contributed by atoms with Crippen LogP contribution in [0.4, 0.5) is 27.5 Å². The van der Waals surface area contributed by atoms with Gasteiger partial charge in [0.15, 0.2) is 29.2 Å². The molecule has 7 aliphatic rings. The van der Waals surface area contributed by atoms with Crippen molar-refractivity contribution in [1.29, 1.82) is 0 Å². The summed E-state index contributed by atoms with van der Waals surface area (Å²) in [6.45, 7) is 7.69. The molecule has 6 heterocycles. The van der Waals surface area contributed by atoms with E-state index >= 15 is 0 Å². The second kappa shape index (κ2) is 34.0. The number of methoxy groups -OCH3 is 2. The molecule has 6 aromatic rings. The molecule has 2 saturated heterocycles. The summed E-state index contributed by atoms with van der Waals surface area (Å²) in [5, 5.41) is 28.7. The van der Waals surface area contributed by atoms with E-state index in [0.717, 1.165) is 72.4 Å². The molecule has 0 radical (unpaired) electrons. The van der Waals surface area contributed by atoms with Gasteiger partial charge in [0.25, 0.3) is 11.8 Å². The van der Waals surface area contributed by atoms with Gasteiger partial charge in [-0.25, -0.2) is 9.69 Å². The van der Waals surface area contributed by atoms with Crippen LogP contribution in [0.25, 0.3) is 5.57 Å². The third-order valence-corrected chi connectivity index (χ3v) is 21.8. The molecule has 576 valence electrons. The van der Waals surface area contributed by atoms with Crippen LogP contribution in [0.5, 0.6) is 23.0 Å². The SMILES string of the molecule is COc1cc2c(cc1OCCCCCOc1cc3c(cc1OC)C(=O)N1CC4(CC4)C[C@H]1C(O)N3C(=O)OCc1ccc(NC(=O)[C@H](C)NC(=O)[C@@H](NC(=O)CNC(=O)CNC(=O)CCC(=O)N3Cc4ccccc4C#Cc4ccccc43)C(C)C)cc1)NC[C@@H]1CC(c3ccc(C4CCN(C)CC4)cc3)=CN1C2=O. The lowest BCUT2D eigenvalue weighted by Crippen LogP contribution is -2.55. The predicted molar refractivity (Wildman–Crippen MR) is 412 cm³/mol. The first-order chi connectivity index (χ1) is 53.1. The largest absolute Gasteiger partial charge is 0.493 e. The number of anilines is 4. The lowest BCUT2D eigenvalue weighted by Gasteiger charge is -2.31. The molecule has 3 fully saturated rings. The molecular weight excluding hydrogens is 1400 g/mol. The average Bonchev–Trinajstić information content (AvgIpc) is 1.56. The zero-order valence-electron chi connectivity index (χ0n) is 62.9. The smallest absolute Gasteiger partial charge is 0.416 e. The number of carbonyl (C=O) groups is 9. The van der Waals surface area contributed by atoms with Gasteiger partial charge in [-0.05, 0) is 172 Å². The van der Waals surface area contributed by atoms with Crippen molar-refractivity contribution < 1.29 is 71.9 Å². The normalized spacial score (nSPS) is 18.5. The van der Waals surface area contributed by atoms with Gasteiger partial charge >= 0.3 is 6.09 Å². The fourth-order valence-electron chi connectivity index (χ4n) is 15.2. The zero-order valence-corrected chi connectivity index (χ0v) is 62.9. The number of piperidine rings is 1. The Morgan fingerprint density at radius 3 is 2.06 bits per heavy atom. The van der Waals surface area contributed by atoms with E-state index in [2.05, 4.69) is 80.0 Å². The van der Waals surface area contributed by atoms with Gasteiger partial charge in [-0.1, -0.05) is 92.4 Å². The van der Waals surface area contributed by atoms with Gasteiger partial charge in [0.1, 0.15) is 18.7 Å². The highest BCUT2D eigenvalue weighted by molar-refractivity contribution is 6.07. The first-order valence-corrected chi connectivity index (χ1v) is 37.9. The number of unbranched alkanes of at least 4 members (excludes halogenated alkanes) is 2. The zero-order chi connectivity index (χ0) is 77.3. The number of likely N-dealkylation sites (tertiary alicyclic amines) is 1. The number of nitrogens with zero attached hydrogens (tertiary/aromatic N) is 5. The summed E-state index contributed by atoms with van der Waals surface area (Å²) in [5.41, 5.74) is 8.77. The molecule has 5 atom stereocenters. The molecule has 1 spiro atoms. The van der Waals surface area contributed by atoms with Crippen molar-refractivity contribution in [2.75, 3.05) is 94.2 Å². The van der Waals surface area contributed by atoms with Crippen molar-refractivity contribution in [3.63, 3.8) is 0 Å².